The zero-order chi connectivity index (χ0) is 12.1. The molecule has 0 saturated carbocycles. The van der Waals surface area contributed by atoms with Crippen LogP contribution in [0.25, 0.3) is 5.70 Å². The molecule has 4 heteroatoms. The maximum atomic E-state index is 5.23. The number of benzene rings is 1. The van der Waals surface area contributed by atoms with Gasteiger partial charge in [-0.2, -0.15) is 5.90 Å². The van der Waals surface area contributed by atoms with Crippen molar-refractivity contribution in [2.75, 3.05) is 0 Å². The highest BCUT2D eigenvalue weighted by atomic mass is 32.1. The summed E-state index contributed by atoms with van der Waals surface area (Å²) in [5.41, 5.74) is 1.57. The van der Waals surface area contributed by atoms with Crippen molar-refractivity contribution >= 4 is 22.9 Å². The minimum Gasteiger partial charge on any atom is -0.390 e. The number of hydrogen-bond acceptors (Lipinski definition) is 4. The summed E-state index contributed by atoms with van der Waals surface area (Å²) < 4.78 is 0. The predicted molar refractivity (Wildman–Crippen MR) is 71.6 cm³/mol. The van der Waals surface area contributed by atoms with Gasteiger partial charge in [0.15, 0.2) is 0 Å². The van der Waals surface area contributed by atoms with Gasteiger partial charge in [0.05, 0.1) is 10.6 Å². The van der Waals surface area contributed by atoms with Crippen LogP contribution in [0.4, 0.5) is 0 Å². The molecule has 0 aliphatic heterocycles. The third kappa shape index (κ3) is 2.81. The van der Waals surface area contributed by atoms with E-state index in [4.69, 9.17) is 10.7 Å². The van der Waals surface area contributed by atoms with Gasteiger partial charge in [0, 0.05) is 0 Å². The van der Waals surface area contributed by atoms with E-state index < -0.39 is 0 Å². The first-order chi connectivity index (χ1) is 8.31. The van der Waals surface area contributed by atoms with Crippen LogP contribution in [0.15, 0.2) is 59.4 Å². The van der Waals surface area contributed by atoms with Gasteiger partial charge in [-0.25, -0.2) is 4.99 Å². The average Bonchev–Trinajstić information content (AvgIpc) is 2.90. The number of nitrogens with zero attached hydrogens (tertiary/aromatic N) is 1. The van der Waals surface area contributed by atoms with Gasteiger partial charge in [-0.15, -0.1) is 11.3 Å². The fourth-order valence-electron chi connectivity index (χ4n) is 1.36. The zero-order valence-corrected chi connectivity index (χ0v) is 9.98. The molecule has 0 spiro atoms. The molecule has 86 valence electrons. The van der Waals surface area contributed by atoms with Crippen LogP contribution < -0.4 is 5.90 Å². The summed E-state index contributed by atoms with van der Waals surface area (Å²) in [4.78, 5) is 9.96. The van der Waals surface area contributed by atoms with Crippen molar-refractivity contribution in [1.29, 1.82) is 0 Å². The Kier molecular flexibility index (Phi) is 3.69. The van der Waals surface area contributed by atoms with Crippen LogP contribution in [0.2, 0.25) is 0 Å². The maximum absolute atomic E-state index is 5.23. The molecule has 0 bridgehead atoms. The molecule has 0 saturated heterocycles. The molecule has 0 amide bonds. The fraction of sp³-hybridized carbons (Fsp3) is 0. The van der Waals surface area contributed by atoms with E-state index in [1.54, 1.807) is 0 Å². The standard InChI is InChI=1S/C13H12N2OS/c1-10(11-6-3-2-4-7-11)15-13(16-14)12-8-5-9-17-12/h2-9H,1,14H2/b15-13-. The van der Waals surface area contributed by atoms with Crippen molar-refractivity contribution < 1.29 is 4.84 Å². The first-order valence-corrected chi connectivity index (χ1v) is 5.93. The minimum atomic E-state index is 0.383. The minimum absolute atomic E-state index is 0.383. The number of rotatable bonds is 3. The Labute approximate surface area is 104 Å². The Balaban J connectivity index is 2.26. The highest BCUT2D eigenvalue weighted by molar-refractivity contribution is 7.12. The Morgan fingerprint density at radius 1 is 1.18 bits per heavy atom. The molecule has 0 radical (unpaired) electrons. The molecular formula is C13H12N2OS. The van der Waals surface area contributed by atoms with E-state index in [2.05, 4.69) is 11.6 Å². The first kappa shape index (κ1) is 11.6. The van der Waals surface area contributed by atoms with Crippen molar-refractivity contribution in [3.63, 3.8) is 0 Å². The molecule has 2 N–H and O–H groups in total. The number of aliphatic imine (C=N–C) groups is 1. The lowest BCUT2D eigenvalue weighted by molar-refractivity contribution is 0.323. The maximum Gasteiger partial charge on any atom is 0.255 e. The molecule has 3 nitrogen and oxygen atoms in total. The highest BCUT2D eigenvalue weighted by Gasteiger charge is 2.06. The fourth-order valence-corrected chi connectivity index (χ4v) is 2.01. The largest absolute Gasteiger partial charge is 0.390 e. The molecule has 0 aliphatic carbocycles. The van der Waals surface area contributed by atoms with E-state index >= 15 is 0 Å². The van der Waals surface area contributed by atoms with Gasteiger partial charge in [0.2, 0.25) is 0 Å². The third-order valence-electron chi connectivity index (χ3n) is 2.19. The van der Waals surface area contributed by atoms with Gasteiger partial charge in [-0.3, -0.25) is 0 Å². The lowest BCUT2D eigenvalue weighted by atomic mass is 10.2. The average molecular weight is 244 g/mol. The topological polar surface area (TPSA) is 47.6 Å². The summed E-state index contributed by atoms with van der Waals surface area (Å²) in [6, 6.07) is 13.5. The second kappa shape index (κ2) is 5.43. The van der Waals surface area contributed by atoms with Crippen LogP contribution in [-0.4, -0.2) is 5.90 Å². The van der Waals surface area contributed by atoms with Crippen molar-refractivity contribution in [3.8, 4) is 0 Å². The van der Waals surface area contributed by atoms with Gasteiger partial charge in [-0.1, -0.05) is 43.0 Å². The quantitative estimate of drug-likeness (QED) is 0.512. The van der Waals surface area contributed by atoms with Gasteiger partial charge < -0.3 is 4.84 Å². The summed E-state index contributed by atoms with van der Waals surface area (Å²) >= 11 is 1.52. The molecule has 0 unspecified atom stereocenters. The molecule has 1 heterocycles. The monoisotopic (exact) mass is 244 g/mol. The lowest BCUT2D eigenvalue weighted by Crippen LogP contribution is -2.10. The Morgan fingerprint density at radius 3 is 2.53 bits per heavy atom. The third-order valence-corrected chi connectivity index (χ3v) is 3.04. The van der Waals surface area contributed by atoms with E-state index in [1.165, 1.54) is 11.3 Å². The molecule has 0 atom stereocenters. The van der Waals surface area contributed by atoms with Crippen LogP contribution in [0.1, 0.15) is 10.4 Å². The Bertz CT molecular complexity index is 518. The molecule has 1 aromatic heterocycles. The highest BCUT2D eigenvalue weighted by Crippen LogP contribution is 2.17. The number of nitrogens with two attached hydrogens (primary N) is 1. The number of hydrogen-bond donors (Lipinski definition) is 1. The summed E-state index contributed by atoms with van der Waals surface area (Å²) in [6.45, 7) is 3.90. The molecule has 0 aliphatic rings. The smallest absolute Gasteiger partial charge is 0.255 e. The molecular weight excluding hydrogens is 232 g/mol. The molecule has 2 aromatic rings. The molecule has 1 aromatic carbocycles. The van der Waals surface area contributed by atoms with Gasteiger partial charge in [0.1, 0.15) is 0 Å². The normalized spacial score (nSPS) is 11.2. The van der Waals surface area contributed by atoms with Crippen LogP contribution in [-0.2, 0) is 4.84 Å². The summed E-state index contributed by atoms with van der Waals surface area (Å²) in [7, 11) is 0. The second-order valence-electron chi connectivity index (χ2n) is 3.32. The van der Waals surface area contributed by atoms with E-state index in [-0.39, 0.29) is 0 Å². The van der Waals surface area contributed by atoms with Gasteiger partial charge in [0.25, 0.3) is 5.90 Å². The van der Waals surface area contributed by atoms with Crippen molar-refractivity contribution in [3.05, 3.63) is 64.9 Å². The first-order valence-electron chi connectivity index (χ1n) is 5.05. The molecule has 0 fully saturated rings. The van der Waals surface area contributed by atoms with Crippen molar-refractivity contribution in [1.82, 2.24) is 0 Å². The number of thiophene rings is 1. The van der Waals surface area contributed by atoms with Crippen molar-refractivity contribution in [2.24, 2.45) is 10.9 Å². The second-order valence-corrected chi connectivity index (χ2v) is 4.27. The predicted octanol–water partition coefficient (Wildman–Crippen LogP) is 3.06. The van der Waals surface area contributed by atoms with Crippen molar-refractivity contribution in [2.45, 2.75) is 0 Å². The van der Waals surface area contributed by atoms with Crippen LogP contribution in [0.3, 0.4) is 0 Å². The molecule has 17 heavy (non-hydrogen) atoms. The Morgan fingerprint density at radius 2 is 1.94 bits per heavy atom. The van der Waals surface area contributed by atoms with E-state index in [0.717, 1.165) is 10.4 Å². The summed E-state index contributed by atoms with van der Waals surface area (Å²) in [5, 5.41) is 1.94. The zero-order valence-electron chi connectivity index (χ0n) is 9.17. The van der Waals surface area contributed by atoms with Crippen LogP contribution in [0.5, 0.6) is 0 Å². The summed E-state index contributed by atoms with van der Waals surface area (Å²) in [5.74, 6) is 5.61. The van der Waals surface area contributed by atoms with Crippen LogP contribution in [0, 0.1) is 0 Å². The molecule has 2 rings (SSSR count). The van der Waals surface area contributed by atoms with Gasteiger partial charge >= 0.3 is 0 Å². The SMILES string of the molecule is C=C(/N=C(\ON)c1cccs1)c1ccccc1. The lowest BCUT2D eigenvalue weighted by Gasteiger charge is -2.03. The van der Waals surface area contributed by atoms with E-state index in [9.17, 15) is 0 Å². The van der Waals surface area contributed by atoms with E-state index in [0.29, 0.717) is 11.6 Å². The van der Waals surface area contributed by atoms with Crippen LogP contribution >= 0.6 is 11.3 Å². The Hall–Kier alpha value is -1.91. The summed E-state index contributed by atoms with van der Waals surface area (Å²) in [6.07, 6.45) is 0. The van der Waals surface area contributed by atoms with E-state index in [1.807, 2.05) is 47.8 Å². The van der Waals surface area contributed by atoms with Gasteiger partial charge in [-0.05, 0) is 17.0 Å².